The molecule has 0 amide bonds. The highest BCUT2D eigenvalue weighted by Gasteiger charge is 2.01. The molecule has 0 aliphatic carbocycles. The second-order valence-corrected chi connectivity index (χ2v) is 4.55. The topological polar surface area (TPSA) is 53.1 Å². The van der Waals surface area contributed by atoms with E-state index in [1.54, 1.807) is 10.7 Å². The Morgan fingerprint density at radius 2 is 2.22 bits per heavy atom. The van der Waals surface area contributed by atoms with Gasteiger partial charge in [-0.2, -0.15) is 5.10 Å². The highest BCUT2D eigenvalue weighted by atomic mass is 35.5. The zero-order valence-corrected chi connectivity index (χ0v) is 11.0. The fourth-order valence-corrected chi connectivity index (χ4v) is 1.80. The van der Waals surface area contributed by atoms with Crippen LogP contribution in [0.15, 0.2) is 30.5 Å². The van der Waals surface area contributed by atoms with E-state index in [2.05, 4.69) is 5.10 Å². The third-order valence-electron chi connectivity index (χ3n) is 2.54. The predicted molar refractivity (Wildman–Crippen MR) is 72.9 cm³/mol. The number of aryl methyl sites for hydroxylation is 2. The molecule has 4 nitrogen and oxygen atoms in total. The van der Waals surface area contributed by atoms with Crippen LogP contribution < -0.4 is 10.5 Å². The van der Waals surface area contributed by atoms with Crippen LogP contribution >= 0.6 is 11.6 Å². The van der Waals surface area contributed by atoms with Crippen LogP contribution in [0.4, 0.5) is 5.82 Å². The quantitative estimate of drug-likeness (QED) is 0.846. The summed E-state index contributed by atoms with van der Waals surface area (Å²) in [5, 5.41) is 4.74. The van der Waals surface area contributed by atoms with Crippen molar-refractivity contribution >= 4 is 17.4 Å². The summed E-state index contributed by atoms with van der Waals surface area (Å²) in [5.74, 6) is 1.27. The lowest BCUT2D eigenvalue weighted by molar-refractivity contribution is 0.299. The normalized spacial score (nSPS) is 10.6. The summed E-state index contributed by atoms with van der Waals surface area (Å²) in [6.07, 6.45) is 2.71. The van der Waals surface area contributed by atoms with Crippen molar-refractivity contribution in [3.63, 3.8) is 0 Å². The molecule has 18 heavy (non-hydrogen) atoms. The predicted octanol–water partition coefficient (Wildman–Crippen LogP) is 2.90. The molecule has 0 saturated heterocycles. The van der Waals surface area contributed by atoms with Crippen LogP contribution in [0.2, 0.25) is 5.02 Å². The van der Waals surface area contributed by atoms with Crippen LogP contribution in [0, 0.1) is 6.92 Å². The molecular weight excluding hydrogens is 250 g/mol. The number of nitrogens with zero attached hydrogens (tertiary/aromatic N) is 2. The van der Waals surface area contributed by atoms with Crippen molar-refractivity contribution in [3.05, 3.63) is 41.0 Å². The highest BCUT2D eigenvalue weighted by molar-refractivity contribution is 6.32. The maximum atomic E-state index is 6.04. The number of benzene rings is 1. The molecule has 1 aromatic carbocycles. The Hall–Kier alpha value is -1.68. The average Bonchev–Trinajstić information content (AvgIpc) is 2.75. The Kier molecular flexibility index (Phi) is 4.10. The molecule has 5 heteroatoms. The number of rotatable bonds is 5. The van der Waals surface area contributed by atoms with E-state index in [1.165, 1.54) is 0 Å². The Morgan fingerprint density at radius 1 is 1.39 bits per heavy atom. The van der Waals surface area contributed by atoms with Crippen molar-refractivity contribution in [2.75, 3.05) is 12.3 Å². The number of ether oxygens (including phenoxy) is 1. The fourth-order valence-electron chi connectivity index (χ4n) is 1.63. The first-order valence-electron chi connectivity index (χ1n) is 5.83. The van der Waals surface area contributed by atoms with Gasteiger partial charge in [0.1, 0.15) is 11.6 Å². The SMILES string of the molecule is Cc1ccc(Cl)c(OCCCn2ccc(N)n2)c1. The first kappa shape index (κ1) is 12.8. The summed E-state index contributed by atoms with van der Waals surface area (Å²) in [6.45, 7) is 3.39. The van der Waals surface area contributed by atoms with E-state index in [4.69, 9.17) is 22.1 Å². The Bertz CT molecular complexity index is 525. The van der Waals surface area contributed by atoms with E-state index in [0.29, 0.717) is 17.4 Å². The number of nitrogens with two attached hydrogens (primary N) is 1. The molecule has 0 aliphatic heterocycles. The number of aromatic nitrogens is 2. The molecule has 0 atom stereocenters. The van der Waals surface area contributed by atoms with Gasteiger partial charge in [-0.3, -0.25) is 4.68 Å². The second-order valence-electron chi connectivity index (χ2n) is 4.14. The molecule has 2 rings (SSSR count). The van der Waals surface area contributed by atoms with E-state index in [0.717, 1.165) is 24.3 Å². The van der Waals surface area contributed by atoms with Crippen LogP contribution in [0.3, 0.4) is 0 Å². The Labute approximate surface area is 111 Å². The standard InChI is InChI=1S/C13H16ClN3O/c1-10-3-4-11(14)12(9-10)18-8-2-6-17-7-5-13(15)16-17/h3-5,7,9H,2,6,8H2,1H3,(H2,15,16). The molecule has 0 saturated carbocycles. The summed E-state index contributed by atoms with van der Waals surface area (Å²) in [6, 6.07) is 7.52. The number of hydrogen-bond donors (Lipinski definition) is 1. The van der Waals surface area contributed by atoms with Gasteiger partial charge in [0.05, 0.1) is 11.6 Å². The van der Waals surface area contributed by atoms with Crippen LogP contribution in [0.5, 0.6) is 5.75 Å². The maximum absolute atomic E-state index is 6.04. The number of hydrogen-bond acceptors (Lipinski definition) is 3. The fraction of sp³-hybridized carbons (Fsp3) is 0.308. The molecular formula is C13H16ClN3O. The van der Waals surface area contributed by atoms with Crippen molar-refractivity contribution < 1.29 is 4.74 Å². The minimum absolute atomic E-state index is 0.539. The molecule has 96 valence electrons. The van der Waals surface area contributed by atoms with E-state index >= 15 is 0 Å². The van der Waals surface area contributed by atoms with E-state index < -0.39 is 0 Å². The monoisotopic (exact) mass is 265 g/mol. The van der Waals surface area contributed by atoms with Gasteiger partial charge < -0.3 is 10.5 Å². The molecule has 1 aromatic heterocycles. The van der Waals surface area contributed by atoms with Gasteiger partial charge >= 0.3 is 0 Å². The van der Waals surface area contributed by atoms with Crippen molar-refractivity contribution in [1.29, 1.82) is 0 Å². The van der Waals surface area contributed by atoms with Crippen LogP contribution in [0.1, 0.15) is 12.0 Å². The minimum Gasteiger partial charge on any atom is -0.492 e. The molecule has 1 heterocycles. The van der Waals surface area contributed by atoms with Gasteiger partial charge in [0, 0.05) is 19.2 Å². The van der Waals surface area contributed by atoms with Crippen LogP contribution in [0.25, 0.3) is 0 Å². The van der Waals surface area contributed by atoms with Crippen molar-refractivity contribution in [2.45, 2.75) is 19.9 Å². The summed E-state index contributed by atoms with van der Waals surface area (Å²) in [4.78, 5) is 0. The Morgan fingerprint density at radius 3 is 2.94 bits per heavy atom. The van der Waals surface area contributed by atoms with E-state index in [-0.39, 0.29) is 0 Å². The van der Waals surface area contributed by atoms with Crippen molar-refractivity contribution in [1.82, 2.24) is 9.78 Å². The molecule has 0 bridgehead atoms. The molecule has 0 fully saturated rings. The van der Waals surface area contributed by atoms with Crippen LogP contribution in [-0.2, 0) is 6.54 Å². The average molecular weight is 266 g/mol. The maximum Gasteiger partial charge on any atom is 0.145 e. The molecule has 0 aliphatic rings. The lowest BCUT2D eigenvalue weighted by Gasteiger charge is -2.08. The summed E-state index contributed by atoms with van der Waals surface area (Å²) >= 11 is 6.04. The third-order valence-corrected chi connectivity index (χ3v) is 2.85. The molecule has 2 aromatic rings. The number of nitrogen functional groups attached to an aromatic ring is 1. The molecule has 2 N–H and O–H groups in total. The minimum atomic E-state index is 0.539. The second kappa shape index (κ2) is 5.78. The van der Waals surface area contributed by atoms with Gasteiger partial charge in [0.15, 0.2) is 0 Å². The van der Waals surface area contributed by atoms with Crippen molar-refractivity contribution in [3.8, 4) is 5.75 Å². The van der Waals surface area contributed by atoms with Gasteiger partial charge in [-0.05, 0) is 30.7 Å². The van der Waals surface area contributed by atoms with Gasteiger partial charge in [-0.15, -0.1) is 0 Å². The van der Waals surface area contributed by atoms with Gasteiger partial charge in [-0.25, -0.2) is 0 Å². The highest BCUT2D eigenvalue weighted by Crippen LogP contribution is 2.25. The summed E-state index contributed by atoms with van der Waals surface area (Å²) < 4.78 is 7.44. The summed E-state index contributed by atoms with van der Waals surface area (Å²) in [5.41, 5.74) is 6.66. The summed E-state index contributed by atoms with van der Waals surface area (Å²) in [7, 11) is 0. The number of halogens is 1. The zero-order chi connectivity index (χ0) is 13.0. The smallest absolute Gasteiger partial charge is 0.145 e. The first-order valence-corrected chi connectivity index (χ1v) is 6.21. The number of anilines is 1. The zero-order valence-electron chi connectivity index (χ0n) is 10.3. The lowest BCUT2D eigenvalue weighted by Crippen LogP contribution is -2.05. The van der Waals surface area contributed by atoms with Crippen LogP contribution in [-0.4, -0.2) is 16.4 Å². The third kappa shape index (κ3) is 3.40. The van der Waals surface area contributed by atoms with Crippen molar-refractivity contribution in [2.24, 2.45) is 0 Å². The largest absolute Gasteiger partial charge is 0.492 e. The van der Waals surface area contributed by atoms with E-state index in [1.807, 2.05) is 31.3 Å². The van der Waals surface area contributed by atoms with E-state index in [9.17, 15) is 0 Å². The van der Waals surface area contributed by atoms with Gasteiger partial charge in [0.2, 0.25) is 0 Å². The van der Waals surface area contributed by atoms with Gasteiger partial charge in [-0.1, -0.05) is 17.7 Å². The Balaban J connectivity index is 1.80. The molecule has 0 spiro atoms. The first-order chi connectivity index (χ1) is 8.65. The molecule has 0 unspecified atom stereocenters. The molecule has 0 radical (unpaired) electrons. The van der Waals surface area contributed by atoms with Gasteiger partial charge in [0.25, 0.3) is 0 Å². The lowest BCUT2D eigenvalue weighted by atomic mass is 10.2.